The molecule has 0 aromatic carbocycles. The molecule has 2 heteroatoms. The summed E-state index contributed by atoms with van der Waals surface area (Å²) < 4.78 is 5.72. The predicted molar refractivity (Wildman–Crippen MR) is 62.6 cm³/mol. The van der Waals surface area contributed by atoms with E-state index in [4.69, 9.17) is 4.43 Å². The van der Waals surface area contributed by atoms with Crippen LogP contribution in [0.3, 0.4) is 0 Å². The minimum Gasteiger partial charge on any atom is -0.417 e. The van der Waals surface area contributed by atoms with Crippen LogP contribution in [0.2, 0.25) is 19.1 Å². The lowest BCUT2D eigenvalue weighted by molar-refractivity contribution is 0.331. The molecule has 0 N–H and O–H groups in total. The SMILES string of the molecule is CCCCC=CC[Si](C)(C)OCC. The van der Waals surface area contributed by atoms with Crippen molar-refractivity contribution in [2.45, 2.75) is 52.2 Å². The van der Waals surface area contributed by atoms with E-state index in [9.17, 15) is 0 Å². The van der Waals surface area contributed by atoms with Gasteiger partial charge >= 0.3 is 0 Å². The average molecular weight is 200 g/mol. The van der Waals surface area contributed by atoms with Gasteiger partial charge in [-0.15, -0.1) is 0 Å². The maximum atomic E-state index is 5.72. The molecule has 0 saturated heterocycles. The molecule has 1 nitrogen and oxygen atoms in total. The van der Waals surface area contributed by atoms with E-state index in [-0.39, 0.29) is 0 Å². The molecule has 78 valence electrons. The number of hydrogen-bond donors (Lipinski definition) is 0. The Kier molecular flexibility index (Phi) is 7.29. The summed E-state index contributed by atoms with van der Waals surface area (Å²) in [7, 11) is -1.35. The van der Waals surface area contributed by atoms with Gasteiger partial charge in [-0.25, -0.2) is 0 Å². The summed E-state index contributed by atoms with van der Waals surface area (Å²) in [6, 6.07) is 1.16. The summed E-state index contributed by atoms with van der Waals surface area (Å²) in [6.45, 7) is 9.73. The fourth-order valence-electron chi connectivity index (χ4n) is 1.26. The molecule has 0 rings (SSSR count). The number of unbranched alkanes of at least 4 members (excludes halogenated alkanes) is 2. The van der Waals surface area contributed by atoms with Crippen molar-refractivity contribution in [2.75, 3.05) is 6.61 Å². The molecule has 0 aliphatic rings. The Morgan fingerprint density at radius 3 is 2.38 bits per heavy atom. The van der Waals surface area contributed by atoms with Gasteiger partial charge in [-0.05, 0) is 32.5 Å². The van der Waals surface area contributed by atoms with E-state index >= 15 is 0 Å². The van der Waals surface area contributed by atoms with Crippen LogP contribution >= 0.6 is 0 Å². The van der Waals surface area contributed by atoms with Crippen molar-refractivity contribution in [1.29, 1.82) is 0 Å². The Balaban J connectivity index is 3.54. The first-order chi connectivity index (χ1) is 6.12. The first kappa shape index (κ1) is 12.9. The fourth-order valence-corrected chi connectivity index (χ4v) is 2.89. The lowest BCUT2D eigenvalue weighted by Gasteiger charge is -2.19. The number of rotatable bonds is 7. The maximum Gasteiger partial charge on any atom is 0.190 e. The maximum absolute atomic E-state index is 5.72. The highest BCUT2D eigenvalue weighted by molar-refractivity contribution is 6.71. The molecule has 0 fully saturated rings. The summed E-state index contributed by atoms with van der Waals surface area (Å²) in [6.07, 6.45) is 8.44. The standard InChI is InChI=1S/C11H24OSi/c1-5-7-8-9-10-11-13(3,4)12-6-2/h9-10H,5-8,11H2,1-4H3. The lowest BCUT2D eigenvalue weighted by Crippen LogP contribution is -2.29. The highest BCUT2D eigenvalue weighted by atomic mass is 28.4. The van der Waals surface area contributed by atoms with Crippen molar-refractivity contribution in [3.63, 3.8) is 0 Å². The van der Waals surface area contributed by atoms with Gasteiger partial charge in [0, 0.05) is 6.61 Å². The average Bonchev–Trinajstić information content (AvgIpc) is 2.04. The Morgan fingerprint density at radius 2 is 1.85 bits per heavy atom. The van der Waals surface area contributed by atoms with Crippen LogP contribution in [0.25, 0.3) is 0 Å². The molecule has 0 saturated carbocycles. The molecular formula is C11H24OSi. The van der Waals surface area contributed by atoms with Crippen LogP contribution in [-0.2, 0) is 4.43 Å². The van der Waals surface area contributed by atoms with Crippen molar-refractivity contribution in [3.05, 3.63) is 12.2 Å². The second kappa shape index (κ2) is 7.33. The molecule has 0 atom stereocenters. The molecule has 13 heavy (non-hydrogen) atoms. The zero-order valence-electron chi connectivity index (χ0n) is 9.60. The van der Waals surface area contributed by atoms with Crippen LogP contribution in [0.5, 0.6) is 0 Å². The minimum absolute atomic E-state index is 0.863. The van der Waals surface area contributed by atoms with Crippen molar-refractivity contribution in [1.82, 2.24) is 0 Å². The molecule has 0 aromatic heterocycles. The monoisotopic (exact) mass is 200 g/mol. The Hall–Kier alpha value is -0.0831. The molecule has 0 heterocycles. The van der Waals surface area contributed by atoms with E-state index in [0.717, 1.165) is 12.7 Å². The quantitative estimate of drug-likeness (QED) is 0.343. The van der Waals surface area contributed by atoms with Crippen LogP contribution in [-0.4, -0.2) is 14.9 Å². The zero-order valence-corrected chi connectivity index (χ0v) is 10.6. The smallest absolute Gasteiger partial charge is 0.190 e. The fraction of sp³-hybridized carbons (Fsp3) is 0.818. The summed E-state index contributed by atoms with van der Waals surface area (Å²) in [5, 5.41) is 0. The summed E-state index contributed by atoms with van der Waals surface area (Å²) in [5.41, 5.74) is 0. The number of allylic oxidation sites excluding steroid dienone is 2. The normalized spacial score (nSPS) is 12.6. The second-order valence-electron chi connectivity index (χ2n) is 4.01. The molecule has 0 unspecified atom stereocenters. The molecule has 0 radical (unpaired) electrons. The van der Waals surface area contributed by atoms with Gasteiger partial charge in [-0.1, -0.05) is 31.9 Å². The van der Waals surface area contributed by atoms with E-state index in [1.54, 1.807) is 0 Å². The molecule has 0 aromatic rings. The second-order valence-corrected chi connectivity index (χ2v) is 8.23. The molecule has 0 amide bonds. The van der Waals surface area contributed by atoms with E-state index < -0.39 is 8.32 Å². The Labute approximate surface area is 84.3 Å². The van der Waals surface area contributed by atoms with Crippen molar-refractivity contribution in [3.8, 4) is 0 Å². The van der Waals surface area contributed by atoms with Gasteiger partial charge in [0.25, 0.3) is 0 Å². The van der Waals surface area contributed by atoms with Crippen LogP contribution in [0.1, 0.15) is 33.1 Å². The molecular weight excluding hydrogens is 176 g/mol. The first-order valence-electron chi connectivity index (χ1n) is 5.41. The Bertz CT molecular complexity index is 141. The zero-order chi connectivity index (χ0) is 10.2. The molecule has 0 aliphatic heterocycles. The summed E-state index contributed by atoms with van der Waals surface area (Å²) in [5.74, 6) is 0. The van der Waals surface area contributed by atoms with E-state index in [1.807, 2.05) is 0 Å². The molecule has 0 spiro atoms. The third kappa shape index (κ3) is 8.25. The van der Waals surface area contributed by atoms with Crippen molar-refractivity contribution >= 4 is 8.32 Å². The molecule has 0 aliphatic carbocycles. The van der Waals surface area contributed by atoms with Gasteiger partial charge in [0.2, 0.25) is 0 Å². The Morgan fingerprint density at radius 1 is 1.15 bits per heavy atom. The summed E-state index contributed by atoms with van der Waals surface area (Å²) >= 11 is 0. The summed E-state index contributed by atoms with van der Waals surface area (Å²) in [4.78, 5) is 0. The predicted octanol–water partition coefficient (Wildman–Crippen LogP) is 3.97. The highest BCUT2D eigenvalue weighted by Crippen LogP contribution is 2.11. The van der Waals surface area contributed by atoms with Gasteiger partial charge in [0.05, 0.1) is 0 Å². The van der Waals surface area contributed by atoms with Gasteiger partial charge in [0.15, 0.2) is 8.32 Å². The van der Waals surface area contributed by atoms with Crippen LogP contribution in [0, 0.1) is 0 Å². The van der Waals surface area contributed by atoms with Gasteiger partial charge in [-0.2, -0.15) is 0 Å². The molecule has 0 bridgehead atoms. The van der Waals surface area contributed by atoms with Crippen LogP contribution in [0.15, 0.2) is 12.2 Å². The van der Waals surface area contributed by atoms with E-state index in [1.165, 1.54) is 19.3 Å². The van der Waals surface area contributed by atoms with Crippen molar-refractivity contribution in [2.24, 2.45) is 0 Å². The van der Waals surface area contributed by atoms with E-state index in [2.05, 4.69) is 39.1 Å². The van der Waals surface area contributed by atoms with Gasteiger partial charge in [0.1, 0.15) is 0 Å². The number of hydrogen-bond acceptors (Lipinski definition) is 1. The van der Waals surface area contributed by atoms with Crippen LogP contribution < -0.4 is 0 Å². The first-order valence-corrected chi connectivity index (χ1v) is 8.53. The largest absolute Gasteiger partial charge is 0.417 e. The third-order valence-corrected chi connectivity index (χ3v) is 4.32. The van der Waals surface area contributed by atoms with Crippen molar-refractivity contribution < 1.29 is 4.43 Å². The highest BCUT2D eigenvalue weighted by Gasteiger charge is 2.18. The topological polar surface area (TPSA) is 9.23 Å². The van der Waals surface area contributed by atoms with Crippen LogP contribution in [0.4, 0.5) is 0 Å². The van der Waals surface area contributed by atoms with Gasteiger partial charge < -0.3 is 4.43 Å². The lowest BCUT2D eigenvalue weighted by atomic mass is 10.2. The minimum atomic E-state index is -1.35. The van der Waals surface area contributed by atoms with Gasteiger partial charge in [-0.3, -0.25) is 0 Å². The van der Waals surface area contributed by atoms with E-state index in [0.29, 0.717) is 0 Å². The third-order valence-electron chi connectivity index (χ3n) is 2.04.